The Morgan fingerprint density at radius 1 is 1.16 bits per heavy atom. The minimum Gasteiger partial charge on any atom is -0.331 e. The second-order valence-electron chi connectivity index (χ2n) is 5.88. The predicted molar refractivity (Wildman–Crippen MR) is 90.8 cm³/mol. The molecule has 3 heterocycles. The van der Waals surface area contributed by atoms with Gasteiger partial charge < -0.3 is 5.32 Å². The summed E-state index contributed by atoms with van der Waals surface area (Å²) < 4.78 is 17.0. The van der Waals surface area contributed by atoms with Crippen LogP contribution in [0.15, 0.2) is 48.7 Å². The number of aromatic nitrogens is 1. The van der Waals surface area contributed by atoms with Crippen LogP contribution >= 0.6 is 11.9 Å². The topological polar surface area (TPSA) is 74.3 Å². The van der Waals surface area contributed by atoms with E-state index < -0.39 is 23.1 Å². The number of nitrogens with zero attached hydrogens (tertiary/aromatic N) is 2. The van der Waals surface area contributed by atoms with Crippen LogP contribution in [-0.4, -0.2) is 33.1 Å². The summed E-state index contributed by atoms with van der Waals surface area (Å²) in [6.45, 7) is -0.0879. The molecule has 2 aliphatic rings. The Kier molecular flexibility index (Phi) is 4.14. The number of benzene rings is 1. The average Bonchev–Trinajstić information content (AvgIpc) is 3.04. The molecular formula is C17H15FN4O2S. The zero-order valence-electron chi connectivity index (χ0n) is 13.1. The van der Waals surface area contributed by atoms with Crippen molar-refractivity contribution < 1.29 is 14.0 Å². The molecule has 3 amide bonds. The summed E-state index contributed by atoms with van der Waals surface area (Å²) in [7, 11) is 0. The number of nitrogens with one attached hydrogen (secondary N) is 2. The number of urea groups is 1. The van der Waals surface area contributed by atoms with Gasteiger partial charge in [0.05, 0.1) is 24.3 Å². The zero-order chi connectivity index (χ0) is 17.4. The van der Waals surface area contributed by atoms with Crippen LogP contribution < -0.4 is 10.0 Å². The fourth-order valence-corrected chi connectivity index (χ4v) is 4.22. The smallest absolute Gasteiger partial charge is 0.324 e. The molecule has 0 spiro atoms. The molecule has 1 aromatic carbocycles. The monoisotopic (exact) mass is 358 g/mol. The summed E-state index contributed by atoms with van der Waals surface area (Å²) in [5.74, 6) is -0.762. The number of halogens is 1. The lowest BCUT2D eigenvalue weighted by Gasteiger charge is -2.34. The zero-order valence-corrected chi connectivity index (χ0v) is 13.9. The second-order valence-corrected chi connectivity index (χ2v) is 6.86. The number of hydrogen-bond donors (Lipinski definition) is 2. The number of amides is 3. The van der Waals surface area contributed by atoms with Gasteiger partial charge in [-0.15, -0.1) is 0 Å². The summed E-state index contributed by atoms with van der Waals surface area (Å²) >= 11 is 1.27. The van der Waals surface area contributed by atoms with E-state index in [1.54, 1.807) is 24.4 Å². The van der Waals surface area contributed by atoms with Crippen molar-refractivity contribution in [1.29, 1.82) is 0 Å². The van der Waals surface area contributed by atoms with E-state index in [0.717, 1.165) is 10.6 Å². The number of pyridine rings is 1. The van der Waals surface area contributed by atoms with Crippen molar-refractivity contribution in [3.8, 4) is 0 Å². The van der Waals surface area contributed by atoms with E-state index in [0.29, 0.717) is 5.56 Å². The van der Waals surface area contributed by atoms with Crippen LogP contribution in [0.5, 0.6) is 0 Å². The van der Waals surface area contributed by atoms with Crippen molar-refractivity contribution in [2.24, 2.45) is 0 Å². The molecule has 2 N–H and O–H groups in total. The van der Waals surface area contributed by atoms with Crippen molar-refractivity contribution in [3.63, 3.8) is 0 Å². The molecule has 2 aromatic rings. The van der Waals surface area contributed by atoms with E-state index in [-0.39, 0.29) is 18.5 Å². The molecule has 2 aliphatic heterocycles. The average molecular weight is 358 g/mol. The highest BCUT2D eigenvalue weighted by Gasteiger charge is 2.50. The molecule has 8 heteroatoms. The minimum atomic E-state index is -0.514. The van der Waals surface area contributed by atoms with Gasteiger partial charge in [0, 0.05) is 11.8 Å². The van der Waals surface area contributed by atoms with Gasteiger partial charge in [-0.25, -0.2) is 9.18 Å². The first-order chi connectivity index (χ1) is 12.1. The van der Waals surface area contributed by atoms with E-state index in [9.17, 15) is 14.0 Å². The van der Waals surface area contributed by atoms with Crippen molar-refractivity contribution in [1.82, 2.24) is 19.9 Å². The van der Waals surface area contributed by atoms with E-state index in [2.05, 4.69) is 15.0 Å². The third-order valence-electron chi connectivity index (χ3n) is 4.34. The fraction of sp³-hybridized carbons (Fsp3) is 0.235. The molecule has 4 rings (SSSR count). The fourth-order valence-electron chi connectivity index (χ4n) is 3.06. The van der Waals surface area contributed by atoms with Crippen LogP contribution in [0.3, 0.4) is 0 Å². The van der Waals surface area contributed by atoms with Crippen LogP contribution in [0.4, 0.5) is 9.18 Å². The lowest BCUT2D eigenvalue weighted by Crippen LogP contribution is -2.61. The molecule has 3 atom stereocenters. The molecule has 25 heavy (non-hydrogen) atoms. The molecule has 0 bridgehead atoms. The number of rotatable bonds is 3. The molecule has 2 saturated heterocycles. The Morgan fingerprint density at radius 3 is 2.72 bits per heavy atom. The summed E-state index contributed by atoms with van der Waals surface area (Å²) in [6.07, 6.45) is 1.67. The molecule has 3 unspecified atom stereocenters. The Labute approximate surface area is 147 Å². The van der Waals surface area contributed by atoms with Crippen LogP contribution in [0.2, 0.25) is 0 Å². The lowest BCUT2D eigenvalue weighted by molar-refractivity contribution is -0.130. The Hall–Kier alpha value is -2.45. The highest BCUT2D eigenvalue weighted by atomic mass is 32.2. The summed E-state index contributed by atoms with van der Waals surface area (Å²) in [4.78, 5) is 30.6. The van der Waals surface area contributed by atoms with Gasteiger partial charge in [0.2, 0.25) is 5.91 Å². The normalized spacial score (nSPS) is 25.6. The van der Waals surface area contributed by atoms with Gasteiger partial charge in [-0.3, -0.25) is 19.4 Å². The third kappa shape index (κ3) is 2.87. The second kappa shape index (κ2) is 6.45. The van der Waals surface area contributed by atoms with Crippen molar-refractivity contribution in [3.05, 3.63) is 65.7 Å². The first-order valence-corrected chi connectivity index (χ1v) is 8.70. The molecular weight excluding hydrogens is 343 g/mol. The van der Waals surface area contributed by atoms with Crippen LogP contribution in [0, 0.1) is 5.82 Å². The van der Waals surface area contributed by atoms with Gasteiger partial charge in [-0.2, -0.15) is 0 Å². The summed E-state index contributed by atoms with van der Waals surface area (Å²) in [5, 5.41) is 2.39. The maximum atomic E-state index is 13.9. The lowest BCUT2D eigenvalue weighted by atomic mass is 9.99. The Balaban J connectivity index is 1.56. The molecule has 128 valence electrons. The number of carbonyl (C=O) groups excluding carboxylic acids is 2. The highest BCUT2D eigenvalue weighted by molar-refractivity contribution is 7.99. The van der Waals surface area contributed by atoms with Crippen molar-refractivity contribution in [2.75, 3.05) is 0 Å². The molecule has 1 aromatic heterocycles. The Bertz CT molecular complexity index is 819. The van der Waals surface area contributed by atoms with E-state index in [4.69, 9.17) is 0 Å². The standard InChI is InChI=1S/C17H15FN4O2S/c18-11-6-2-1-5-10(11)9-22-16(23)15-14(20-17(22)24)13(21-25-15)12-7-3-4-8-19-12/h1-8,13-15,21H,9H2,(H,20,24). The Morgan fingerprint density at radius 2 is 1.96 bits per heavy atom. The largest absolute Gasteiger partial charge is 0.331 e. The van der Waals surface area contributed by atoms with Gasteiger partial charge in [0.15, 0.2) is 0 Å². The van der Waals surface area contributed by atoms with Crippen LogP contribution in [0.25, 0.3) is 0 Å². The van der Waals surface area contributed by atoms with E-state index >= 15 is 0 Å². The first-order valence-electron chi connectivity index (χ1n) is 7.82. The molecule has 2 fully saturated rings. The van der Waals surface area contributed by atoms with Gasteiger partial charge in [-0.1, -0.05) is 36.2 Å². The quantitative estimate of drug-likeness (QED) is 0.821. The van der Waals surface area contributed by atoms with Crippen LogP contribution in [-0.2, 0) is 11.3 Å². The number of hydrogen-bond acceptors (Lipinski definition) is 5. The highest BCUT2D eigenvalue weighted by Crippen LogP contribution is 2.36. The third-order valence-corrected chi connectivity index (χ3v) is 5.48. The summed E-state index contributed by atoms with van der Waals surface area (Å²) in [6, 6.07) is 10.5. The van der Waals surface area contributed by atoms with Gasteiger partial charge in [0.25, 0.3) is 0 Å². The van der Waals surface area contributed by atoms with Crippen molar-refractivity contribution >= 4 is 23.9 Å². The van der Waals surface area contributed by atoms with Gasteiger partial charge in [-0.05, 0) is 18.2 Å². The predicted octanol–water partition coefficient (Wildman–Crippen LogP) is 2.00. The molecule has 0 radical (unpaired) electrons. The SMILES string of the molecule is O=C1NC2C(SNC2c2ccccn2)C(=O)N1Cc1ccccc1F. The van der Waals surface area contributed by atoms with Gasteiger partial charge >= 0.3 is 6.03 Å². The molecule has 0 aliphatic carbocycles. The van der Waals surface area contributed by atoms with Crippen molar-refractivity contribution in [2.45, 2.75) is 23.9 Å². The maximum Gasteiger partial charge on any atom is 0.324 e. The summed E-state index contributed by atoms with van der Waals surface area (Å²) in [5.41, 5.74) is 1.07. The number of imide groups is 1. The number of carbonyl (C=O) groups is 2. The van der Waals surface area contributed by atoms with E-state index in [1.807, 2.05) is 18.2 Å². The number of fused-ring (bicyclic) bond motifs is 1. The van der Waals surface area contributed by atoms with E-state index in [1.165, 1.54) is 18.0 Å². The van der Waals surface area contributed by atoms with Crippen LogP contribution in [0.1, 0.15) is 17.3 Å². The molecule has 6 nitrogen and oxygen atoms in total. The first kappa shape index (κ1) is 16.0. The maximum absolute atomic E-state index is 13.9. The minimum absolute atomic E-state index is 0.0879. The molecule has 0 saturated carbocycles. The van der Waals surface area contributed by atoms with Gasteiger partial charge in [0.1, 0.15) is 11.1 Å².